The van der Waals surface area contributed by atoms with Crippen LogP contribution in [0.5, 0.6) is 11.8 Å². The van der Waals surface area contributed by atoms with Crippen LogP contribution < -0.4 is 14.6 Å². The van der Waals surface area contributed by atoms with Crippen molar-refractivity contribution >= 4 is 32.5 Å². The van der Waals surface area contributed by atoms with Crippen molar-refractivity contribution in [3.05, 3.63) is 34.5 Å². The van der Waals surface area contributed by atoms with Gasteiger partial charge in [-0.1, -0.05) is 11.6 Å². The molecule has 0 saturated heterocycles. The standard InChI is InChI=1S/C17H14ClF2N5O4S/c1-28-15-9(5-13(19)20)16(29-2)24-17(23-15)25-7-12(30(22,26)27)8-3-4-11(18)10(6-21)14(8)25/h3-4,7,13H,5H2,1-2H3,(H2,22,26,27). The maximum Gasteiger partial charge on any atom is 0.243 e. The molecule has 0 amide bonds. The van der Waals surface area contributed by atoms with E-state index < -0.39 is 22.9 Å². The lowest BCUT2D eigenvalue weighted by Gasteiger charge is -2.14. The Kier molecular flexibility index (Phi) is 5.80. The number of hydrogen-bond acceptors (Lipinski definition) is 7. The Labute approximate surface area is 174 Å². The number of nitrogens with zero attached hydrogens (tertiary/aromatic N) is 4. The van der Waals surface area contributed by atoms with E-state index in [0.717, 1.165) is 10.8 Å². The van der Waals surface area contributed by atoms with E-state index >= 15 is 0 Å². The van der Waals surface area contributed by atoms with Gasteiger partial charge in [-0.15, -0.1) is 0 Å². The van der Waals surface area contributed by atoms with Crippen LogP contribution in [-0.2, 0) is 16.4 Å². The molecule has 2 aromatic heterocycles. The van der Waals surface area contributed by atoms with Crippen molar-refractivity contribution in [1.29, 1.82) is 5.26 Å². The number of halogens is 3. The Balaban J connectivity index is 2.43. The van der Waals surface area contributed by atoms with Gasteiger partial charge in [0.05, 0.1) is 35.9 Å². The van der Waals surface area contributed by atoms with Crippen LogP contribution in [0.15, 0.2) is 23.2 Å². The summed E-state index contributed by atoms with van der Waals surface area (Å²) in [5, 5.41) is 15.0. The number of nitrogens with two attached hydrogens (primary N) is 1. The van der Waals surface area contributed by atoms with E-state index in [1.165, 1.54) is 26.4 Å². The SMILES string of the molecule is COc1nc(-n2cc(S(N)(=O)=O)c3ccc(Cl)c(C#N)c32)nc(OC)c1CC(F)F. The monoisotopic (exact) mass is 457 g/mol. The second-order valence-electron chi connectivity index (χ2n) is 5.95. The molecule has 0 bridgehead atoms. The number of hydrogen-bond donors (Lipinski definition) is 1. The van der Waals surface area contributed by atoms with E-state index in [4.69, 9.17) is 26.2 Å². The molecule has 2 N–H and O–H groups in total. The molecule has 0 radical (unpaired) electrons. The third-order valence-electron chi connectivity index (χ3n) is 4.18. The minimum Gasteiger partial charge on any atom is -0.481 e. The van der Waals surface area contributed by atoms with Crippen molar-refractivity contribution in [3.8, 4) is 23.8 Å². The fourth-order valence-corrected chi connectivity index (χ4v) is 3.88. The Hall–Kier alpha value is -3.01. The molecule has 9 nitrogen and oxygen atoms in total. The molecule has 0 aliphatic carbocycles. The summed E-state index contributed by atoms with van der Waals surface area (Å²) in [5.41, 5.74) is -0.0533. The Morgan fingerprint density at radius 3 is 2.33 bits per heavy atom. The van der Waals surface area contributed by atoms with Crippen LogP contribution in [0, 0.1) is 11.3 Å². The van der Waals surface area contributed by atoms with E-state index in [9.17, 15) is 22.5 Å². The van der Waals surface area contributed by atoms with Crippen LogP contribution >= 0.6 is 11.6 Å². The average molecular weight is 458 g/mol. The van der Waals surface area contributed by atoms with Gasteiger partial charge in [-0.25, -0.2) is 22.3 Å². The Morgan fingerprint density at radius 1 is 1.27 bits per heavy atom. The van der Waals surface area contributed by atoms with Gasteiger partial charge in [-0.05, 0) is 12.1 Å². The highest BCUT2D eigenvalue weighted by Gasteiger charge is 2.25. The maximum absolute atomic E-state index is 13.0. The van der Waals surface area contributed by atoms with Gasteiger partial charge >= 0.3 is 0 Å². The van der Waals surface area contributed by atoms with E-state index in [-0.39, 0.29) is 49.7 Å². The lowest BCUT2D eigenvalue weighted by atomic mass is 10.1. The van der Waals surface area contributed by atoms with E-state index in [1.54, 1.807) is 0 Å². The van der Waals surface area contributed by atoms with Crippen LogP contribution in [0.25, 0.3) is 16.9 Å². The van der Waals surface area contributed by atoms with Crippen molar-refractivity contribution in [2.45, 2.75) is 17.7 Å². The molecule has 3 aromatic rings. The highest BCUT2D eigenvalue weighted by atomic mass is 35.5. The lowest BCUT2D eigenvalue weighted by molar-refractivity contribution is 0.146. The van der Waals surface area contributed by atoms with E-state index in [2.05, 4.69) is 9.97 Å². The third-order valence-corrected chi connectivity index (χ3v) is 5.43. The molecule has 0 saturated carbocycles. The third kappa shape index (κ3) is 3.74. The molecular weight excluding hydrogens is 444 g/mol. The summed E-state index contributed by atoms with van der Waals surface area (Å²) in [6.45, 7) is 0. The van der Waals surface area contributed by atoms with Crippen LogP contribution in [0.3, 0.4) is 0 Å². The van der Waals surface area contributed by atoms with Crippen LogP contribution in [-0.4, -0.2) is 43.6 Å². The number of benzene rings is 1. The molecule has 0 aliphatic heterocycles. The predicted molar refractivity (Wildman–Crippen MR) is 103 cm³/mol. The molecule has 0 fully saturated rings. The van der Waals surface area contributed by atoms with Crippen molar-refractivity contribution in [2.24, 2.45) is 5.14 Å². The first kappa shape index (κ1) is 21.7. The second-order valence-corrected chi connectivity index (χ2v) is 7.89. The highest BCUT2D eigenvalue weighted by molar-refractivity contribution is 7.89. The molecule has 0 atom stereocenters. The number of primary sulfonamides is 1. The summed E-state index contributed by atoms with van der Waals surface area (Å²) >= 11 is 6.10. The number of rotatable bonds is 6. The van der Waals surface area contributed by atoms with Gasteiger partial charge in [0.2, 0.25) is 34.2 Å². The largest absolute Gasteiger partial charge is 0.481 e. The smallest absolute Gasteiger partial charge is 0.243 e. The number of aromatic nitrogens is 3. The van der Waals surface area contributed by atoms with Crippen molar-refractivity contribution in [3.63, 3.8) is 0 Å². The zero-order valence-electron chi connectivity index (χ0n) is 15.6. The Bertz CT molecular complexity index is 1260. The quantitative estimate of drug-likeness (QED) is 0.600. The van der Waals surface area contributed by atoms with Gasteiger partial charge in [0.15, 0.2) is 0 Å². The Morgan fingerprint density at radius 2 is 1.87 bits per heavy atom. The molecule has 0 unspecified atom stereocenters. The van der Waals surface area contributed by atoms with Crippen molar-refractivity contribution < 1.29 is 26.7 Å². The molecular formula is C17H14ClF2N5O4S. The molecule has 30 heavy (non-hydrogen) atoms. The summed E-state index contributed by atoms with van der Waals surface area (Å²) in [7, 11) is -1.75. The van der Waals surface area contributed by atoms with Gasteiger partial charge in [-0.2, -0.15) is 15.2 Å². The predicted octanol–water partition coefficient (Wildman–Crippen LogP) is 2.42. The normalized spacial score (nSPS) is 11.7. The number of nitriles is 1. The van der Waals surface area contributed by atoms with Gasteiger partial charge in [-0.3, -0.25) is 4.57 Å². The first-order valence-electron chi connectivity index (χ1n) is 8.16. The number of sulfonamides is 1. The van der Waals surface area contributed by atoms with Crippen LogP contribution in [0.2, 0.25) is 5.02 Å². The summed E-state index contributed by atoms with van der Waals surface area (Å²) in [6, 6.07) is 4.64. The molecule has 1 aromatic carbocycles. The zero-order valence-corrected chi connectivity index (χ0v) is 17.1. The topological polar surface area (TPSA) is 133 Å². The molecule has 13 heteroatoms. The highest BCUT2D eigenvalue weighted by Crippen LogP contribution is 2.35. The summed E-state index contributed by atoms with van der Waals surface area (Å²) < 4.78 is 61.4. The number of methoxy groups -OCH3 is 2. The zero-order chi connectivity index (χ0) is 22.2. The van der Waals surface area contributed by atoms with E-state index in [0.29, 0.717) is 0 Å². The second kappa shape index (κ2) is 8.02. The van der Waals surface area contributed by atoms with Crippen LogP contribution in [0.4, 0.5) is 8.78 Å². The number of fused-ring (bicyclic) bond motifs is 1. The first-order chi connectivity index (χ1) is 14.1. The number of ether oxygens (including phenoxy) is 2. The van der Waals surface area contributed by atoms with Gasteiger partial charge in [0, 0.05) is 18.0 Å². The van der Waals surface area contributed by atoms with Crippen molar-refractivity contribution in [1.82, 2.24) is 14.5 Å². The molecule has 158 valence electrons. The van der Waals surface area contributed by atoms with Gasteiger partial charge < -0.3 is 9.47 Å². The molecule has 0 aliphatic rings. The van der Waals surface area contributed by atoms with Gasteiger partial charge in [0.1, 0.15) is 11.0 Å². The van der Waals surface area contributed by atoms with E-state index in [1.807, 2.05) is 6.07 Å². The summed E-state index contributed by atoms with van der Waals surface area (Å²) in [4.78, 5) is 7.90. The summed E-state index contributed by atoms with van der Waals surface area (Å²) in [5.74, 6) is -0.589. The van der Waals surface area contributed by atoms with Gasteiger partial charge in [0.25, 0.3) is 0 Å². The average Bonchev–Trinajstić information content (AvgIpc) is 3.07. The molecule has 2 heterocycles. The summed E-state index contributed by atoms with van der Waals surface area (Å²) in [6.07, 6.45) is -2.33. The van der Waals surface area contributed by atoms with Crippen molar-refractivity contribution in [2.75, 3.05) is 14.2 Å². The minimum absolute atomic E-state index is 0.0535. The fourth-order valence-electron chi connectivity index (χ4n) is 2.97. The molecule has 3 rings (SSSR count). The molecule has 0 spiro atoms. The first-order valence-corrected chi connectivity index (χ1v) is 10.1. The lowest BCUT2D eigenvalue weighted by Crippen LogP contribution is -2.12. The van der Waals surface area contributed by atoms with Crippen LogP contribution in [0.1, 0.15) is 11.1 Å². The number of alkyl halides is 2. The minimum atomic E-state index is -4.20. The fraction of sp³-hybridized carbons (Fsp3) is 0.235. The maximum atomic E-state index is 13.0.